The van der Waals surface area contributed by atoms with Crippen LogP contribution < -0.4 is 5.73 Å². The standard InChI is InChI=1S/C11H17N/c1-8(2)10-4-6-11(7-5-10)9(3)12/h4-6,8,11H,3,7,12H2,1-2H3. The van der Waals surface area contributed by atoms with Gasteiger partial charge in [0.15, 0.2) is 0 Å². The zero-order chi connectivity index (χ0) is 9.14. The third kappa shape index (κ3) is 2.00. The summed E-state index contributed by atoms with van der Waals surface area (Å²) in [6.07, 6.45) is 7.58. The van der Waals surface area contributed by atoms with Crippen LogP contribution in [-0.4, -0.2) is 0 Å². The first kappa shape index (κ1) is 9.11. The predicted molar refractivity (Wildman–Crippen MR) is 53.5 cm³/mol. The van der Waals surface area contributed by atoms with Crippen LogP contribution in [0.1, 0.15) is 20.3 Å². The fraction of sp³-hybridized carbons (Fsp3) is 0.455. The molecule has 1 heteroatoms. The van der Waals surface area contributed by atoms with Gasteiger partial charge in [0.25, 0.3) is 0 Å². The lowest BCUT2D eigenvalue weighted by Crippen LogP contribution is -2.10. The molecule has 0 radical (unpaired) electrons. The monoisotopic (exact) mass is 163 g/mol. The molecule has 0 spiro atoms. The van der Waals surface area contributed by atoms with Crippen LogP contribution in [0.3, 0.4) is 0 Å². The third-order valence-corrected chi connectivity index (χ3v) is 2.27. The zero-order valence-corrected chi connectivity index (χ0v) is 7.88. The topological polar surface area (TPSA) is 26.0 Å². The summed E-state index contributed by atoms with van der Waals surface area (Å²) in [7, 11) is 0. The normalized spacial score (nSPS) is 22.6. The summed E-state index contributed by atoms with van der Waals surface area (Å²) in [6.45, 7) is 8.15. The summed E-state index contributed by atoms with van der Waals surface area (Å²) in [5.41, 5.74) is 7.79. The van der Waals surface area contributed by atoms with Crippen molar-refractivity contribution in [2.45, 2.75) is 20.3 Å². The lowest BCUT2D eigenvalue weighted by Gasteiger charge is -2.17. The number of rotatable bonds is 2. The van der Waals surface area contributed by atoms with Gasteiger partial charge in [-0.25, -0.2) is 0 Å². The van der Waals surface area contributed by atoms with E-state index in [1.165, 1.54) is 5.57 Å². The van der Waals surface area contributed by atoms with Crippen molar-refractivity contribution < 1.29 is 0 Å². The van der Waals surface area contributed by atoms with Gasteiger partial charge in [0.2, 0.25) is 0 Å². The Kier molecular flexibility index (Phi) is 2.74. The second-order valence-electron chi connectivity index (χ2n) is 3.64. The summed E-state index contributed by atoms with van der Waals surface area (Å²) in [5, 5.41) is 0. The largest absolute Gasteiger partial charge is 0.402 e. The van der Waals surface area contributed by atoms with Crippen LogP contribution in [0.4, 0.5) is 0 Å². The molecular weight excluding hydrogens is 146 g/mol. The number of allylic oxidation sites excluding steroid dienone is 4. The van der Waals surface area contributed by atoms with E-state index in [1.807, 2.05) is 0 Å². The third-order valence-electron chi connectivity index (χ3n) is 2.27. The van der Waals surface area contributed by atoms with E-state index in [0.29, 0.717) is 11.8 Å². The Balaban J connectivity index is 2.61. The SMILES string of the molecule is C=C(N)C1C=CC(C(C)C)=CC1. The molecule has 0 aromatic carbocycles. The van der Waals surface area contributed by atoms with Gasteiger partial charge < -0.3 is 5.73 Å². The molecule has 0 saturated carbocycles. The highest BCUT2D eigenvalue weighted by atomic mass is 14.6. The molecule has 0 aromatic rings. The van der Waals surface area contributed by atoms with E-state index in [-0.39, 0.29) is 0 Å². The van der Waals surface area contributed by atoms with Crippen molar-refractivity contribution in [2.75, 3.05) is 0 Å². The Bertz CT molecular complexity index is 233. The molecule has 0 bridgehead atoms. The average Bonchev–Trinajstić information content (AvgIpc) is 2.04. The van der Waals surface area contributed by atoms with Gasteiger partial charge in [-0.05, 0) is 17.9 Å². The number of hydrogen-bond acceptors (Lipinski definition) is 1. The Morgan fingerprint density at radius 1 is 1.67 bits per heavy atom. The molecule has 1 atom stereocenters. The van der Waals surface area contributed by atoms with Crippen molar-refractivity contribution >= 4 is 0 Å². The molecule has 1 unspecified atom stereocenters. The van der Waals surface area contributed by atoms with Gasteiger partial charge in [0, 0.05) is 11.6 Å². The lowest BCUT2D eigenvalue weighted by atomic mass is 9.90. The van der Waals surface area contributed by atoms with Crippen LogP contribution >= 0.6 is 0 Å². The minimum absolute atomic E-state index is 0.354. The van der Waals surface area contributed by atoms with Gasteiger partial charge in [0.05, 0.1) is 0 Å². The molecule has 0 aliphatic heterocycles. The fourth-order valence-corrected chi connectivity index (χ4v) is 1.34. The second-order valence-corrected chi connectivity index (χ2v) is 3.64. The predicted octanol–water partition coefficient (Wildman–Crippen LogP) is 2.62. The Morgan fingerprint density at radius 3 is 2.67 bits per heavy atom. The van der Waals surface area contributed by atoms with Crippen molar-refractivity contribution in [2.24, 2.45) is 17.6 Å². The maximum absolute atomic E-state index is 5.61. The Hall–Kier alpha value is -0.980. The molecule has 0 fully saturated rings. The zero-order valence-electron chi connectivity index (χ0n) is 7.88. The molecule has 66 valence electrons. The molecule has 0 amide bonds. The van der Waals surface area contributed by atoms with E-state index in [1.54, 1.807) is 0 Å². The highest BCUT2D eigenvalue weighted by Gasteiger charge is 2.10. The Morgan fingerprint density at radius 2 is 2.33 bits per heavy atom. The number of nitrogens with two attached hydrogens (primary N) is 1. The van der Waals surface area contributed by atoms with Crippen LogP contribution in [0.15, 0.2) is 36.1 Å². The molecule has 1 aliphatic rings. The highest BCUT2D eigenvalue weighted by molar-refractivity contribution is 5.28. The summed E-state index contributed by atoms with van der Waals surface area (Å²) in [4.78, 5) is 0. The van der Waals surface area contributed by atoms with Gasteiger partial charge in [-0.2, -0.15) is 0 Å². The molecule has 0 heterocycles. The highest BCUT2D eigenvalue weighted by Crippen LogP contribution is 2.23. The first-order chi connectivity index (χ1) is 5.61. The molecule has 1 rings (SSSR count). The molecule has 1 aliphatic carbocycles. The molecule has 2 N–H and O–H groups in total. The van der Waals surface area contributed by atoms with Crippen molar-refractivity contribution in [3.63, 3.8) is 0 Å². The average molecular weight is 163 g/mol. The van der Waals surface area contributed by atoms with Crippen LogP contribution in [0.2, 0.25) is 0 Å². The van der Waals surface area contributed by atoms with Crippen LogP contribution in [0.25, 0.3) is 0 Å². The quantitative estimate of drug-likeness (QED) is 0.665. The maximum atomic E-state index is 5.61. The van der Waals surface area contributed by atoms with Crippen LogP contribution in [-0.2, 0) is 0 Å². The summed E-state index contributed by atoms with van der Waals surface area (Å²) < 4.78 is 0. The minimum Gasteiger partial charge on any atom is -0.402 e. The van der Waals surface area contributed by atoms with Gasteiger partial charge in [-0.3, -0.25) is 0 Å². The van der Waals surface area contributed by atoms with Crippen LogP contribution in [0, 0.1) is 11.8 Å². The molecule has 0 saturated heterocycles. The smallest absolute Gasteiger partial charge is 0.0196 e. The van der Waals surface area contributed by atoms with E-state index in [4.69, 9.17) is 5.73 Å². The molecular formula is C11H17N. The van der Waals surface area contributed by atoms with Gasteiger partial charge in [-0.1, -0.05) is 38.7 Å². The van der Waals surface area contributed by atoms with Crippen molar-refractivity contribution in [1.82, 2.24) is 0 Å². The lowest BCUT2D eigenvalue weighted by molar-refractivity contribution is 0.713. The summed E-state index contributed by atoms with van der Waals surface area (Å²) in [6, 6.07) is 0. The van der Waals surface area contributed by atoms with E-state index in [2.05, 4.69) is 38.7 Å². The van der Waals surface area contributed by atoms with Crippen molar-refractivity contribution in [3.05, 3.63) is 36.1 Å². The fourth-order valence-electron chi connectivity index (χ4n) is 1.34. The van der Waals surface area contributed by atoms with Crippen molar-refractivity contribution in [3.8, 4) is 0 Å². The molecule has 1 nitrogen and oxygen atoms in total. The Labute approximate surface area is 74.7 Å². The first-order valence-electron chi connectivity index (χ1n) is 4.43. The van der Waals surface area contributed by atoms with Gasteiger partial charge >= 0.3 is 0 Å². The molecule has 0 aromatic heterocycles. The maximum Gasteiger partial charge on any atom is 0.0196 e. The summed E-state index contributed by atoms with van der Waals surface area (Å²) >= 11 is 0. The van der Waals surface area contributed by atoms with Crippen LogP contribution in [0.5, 0.6) is 0 Å². The summed E-state index contributed by atoms with van der Waals surface area (Å²) in [5.74, 6) is 0.973. The van der Waals surface area contributed by atoms with Gasteiger partial charge in [-0.15, -0.1) is 0 Å². The van der Waals surface area contributed by atoms with E-state index in [0.717, 1.165) is 12.1 Å². The minimum atomic E-state index is 0.354. The van der Waals surface area contributed by atoms with E-state index >= 15 is 0 Å². The van der Waals surface area contributed by atoms with Crippen molar-refractivity contribution in [1.29, 1.82) is 0 Å². The van der Waals surface area contributed by atoms with E-state index < -0.39 is 0 Å². The first-order valence-corrected chi connectivity index (χ1v) is 4.43. The van der Waals surface area contributed by atoms with Gasteiger partial charge in [0.1, 0.15) is 0 Å². The number of hydrogen-bond donors (Lipinski definition) is 1. The van der Waals surface area contributed by atoms with E-state index in [9.17, 15) is 0 Å². The second kappa shape index (κ2) is 3.61. The molecule has 12 heavy (non-hydrogen) atoms.